The highest BCUT2D eigenvalue weighted by atomic mass is 79.9. The highest BCUT2D eigenvalue weighted by Crippen LogP contribution is 2.31. The first-order valence-corrected chi connectivity index (χ1v) is 8.41. The summed E-state index contributed by atoms with van der Waals surface area (Å²) in [6.45, 7) is 0.708. The van der Waals surface area contributed by atoms with Crippen LogP contribution in [0.15, 0.2) is 28.1 Å². The molecular formula is C15H14BrNO3S. The normalized spacial score (nSPS) is 18.0. The fraction of sp³-hybridized carbons (Fsp3) is 0.333. The molecule has 3 heterocycles. The summed E-state index contributed by atoms with van der Waals surface area (Å²) in [7, 11) is 0. The Labute approximate surface area is 134 Å². The van der Waals surface area contributed by atoms with Gasteiger partial charge in [0.15, 0.2) is 0 Å². The van der Waals surface area contributed by atoms with E-state index in [2.05, 4.69) is 15.9 Å². The molecule has 2 aromatic rings. The van der Waals surface area contributed by atoms with Crippen molar-refractivity contribution in [2.45, 2.75) is 31.7 Å². The number of hydrogen-bond donors (Lipinski definition) is 1. The molecule has 110 valence electrons. The van der Waals surface area contributed by atoms with E-state index in [9.17, 15) is 14.7 Å². The number of nitrogens with zero attached hydrogens (tertiary/aromatic N) is 1. The van der Waals surface area contributed by atoms with Crippen molar-refractivity contribution in [2.24, 2.45) is 0 Å². The van der Waals surface area contributed by atoms with E-state index in [1.807, 2.05) is 10.6 Å². The number of carbonyl (C=O) groups is 2. The van der Waals surface area contributed by atoms with Crippen molar-refractivity contribution in [3.05, 3.63) is 44.3 Å². The fourth-order valence-corrected chi connectivity index (χ4v) is 4.15. The third-order valence-electron chi connectivity index (χ3n) is 3.82. The largest absolute Gasteiger partial charge is 0.481 e. The first kappa shape index (κ1) is 14.5. The van der Waals surface area contributed by atoms with Gasteiger partial charge in [-0.25, -0.2) is 0 Å². The number of thiophene rings is 1. The quantitative estimate of drug-likeness (QED) is 0.836. The number of fused-ring (bicyclic) bond motifs is 1. The maximum atomic E-state index is 12.6. The Morgan fingerprint density at radius 2 is 2.05 bits per heavy atom. The van der Waals surface area contributed by atoms with Gasteiger partial charge >= 0.3 is 5.97 Å². The monoisotopic (exact) mass is 367 g/mol. The van der Waals surface area contributed by atoms with Gasteiger partial charge in [-0.15, -0.1) is 11.3 Å². The summed E-state index contributed by atoms with van der Waals surface area (Å²) < 4.78 is 2.80. The van der Waals surface area contributed by atoms with Crippen LogP contribution in [0.4, 0.5) is 0 Å². The zero-order valence-corrected chi connectivity index (χ0v) is 13.6. The van der Waals surface area contributed by atoms with Crippen molar-refractivity contribution in [3.63, 3.8) is 0 Å². The van der Waals surface area contributed by atoms with E-state index in [1.165, 1.54) is 11.3 Å². The first-order valence-electron chi connectivity index (χ1n) is 6.80. The Kier molecular flexibility index (Phi) is 3.99. The molecule has 0 aliphatic carbocycles. The van der Waals surface area contributed by atoms with Crippen LogP contribution in [-0.2, 0) is 11.3 Å². The molecule has 6 heteroatoms. The Hall–Kier alpha value is -1.40. The van der Waals surface area contributed by atoms with Crippen molar-refractivity contribution in [2.75, 3.05) is 0 Å². The van der Waals surface area contributed by atoms with Gasteiger partial charge in [0, 0.05) is 12.2 Å². The number of rotatable bonds is 3. The number of carboxylic acid groups (broad SMARTS) is 1. The zero-order valence-electron chi connectivity index (χ0n) is 11.2. The summed E-state index contributed by atoms with van der Waals surface area (Å²) in [6, 6.07) is 7.19. The molecule has 0 saturated carbocycles. The molecule has 0 radical (unpaired) electrons. The van der Waals surface area contributed by atoms with Gasteiger partial charge in [-0.2, -0.15) is 0 Å². The third-order valence-corrected chi connectivity index (χ3v) is 5.45. The molecule has 1 aliphatic heterocycles. The molecule has 3 rings (SSSR count). The minimum absolute atomic E-state index is 0.0389. The van der Waals surface area contributed by atoms with E-state index >= 15 is 0 Å². The Balaban J connectivity index is 2.02. The van der Waals surface area contributed by atoms with E-state index in [0.717, 1.165) is 22.3 Å². The molecule has 2 aromatic heterocycles. The van der Waals surface area contributed by atoms with Crippen molar-refractivity contribution in [1.82, 2.24) is 4.57 Å². The minimum Gasteiger partial charge on any atom is -0.481 e. The zero-order chi connectivity index (χ0) is 15.0. The van der Waals surface area contributed by atoms with Crippen molar-refractivity contribution >= 4 is 39.0 Å². The number of hydrogen-bond acceptors (Lipinski definition) is 3. The van der Waals surface area contributed by atoms with Crippen LogP contribution in [0, 0.1) is 0 Å². The lowest BCUT2D eigenvalue weighted by Crippen LogP contribution is -2.16. The van der Waals surface area contributed by atoms with Crippen LogP contribution in [0.5, 0.6) is 0 Å². The molecule has 0 spiro atoms. The van der Waals surface area contributed by atoms with Gasteiger partial charge < -0.3 is 9.67 Å². The molecule has 1 N–H and O–H groups in total. The molecular weight excluding hydrogens is 354 g/mol. The van der Waals surface area contributed by atoms with Crippen LogP contribution in [0.3, 0.4) is 0 Å². The number of halogens is 1. The predicted octanol–water partition coefficient (Wildman–Crippen LogP) is 3.90. The van der Waals surface area contributed by atoms with Crippen molar-refractivity contribution in [1.29, 1.82) is 0 Å². The lowest BCUT2D eigenvalue weighted by molar-refractivity contribution is -0.139. The summed E-state index contributed by atoms with van der Waals surface area (Å²) in [6.07, 6.45) is 2.41. The smallest absolute Gasteiger partial charge is 0.312 e. The van der Waals surface area contributed by atoms with E-state index in [-0.39, 0.29) is 5.78 Å². The molecule has 0 aromatic carbocycles. The van der Waals surface area contributed by atoms with Gasteiger partial charge in [0.1, 0.15) is 0 Å². The SMILES string of the molecule is O=C(c1ccc(Br)s1)c1ccc2n1CCCCC2C(=O)O. The predicted molar refractivity (Wildman–Crippen MR) is 84.1 cm³/mol. The van der Waals surface area contributed by atoms with Crippen LogP contribution in [0.25, 0.3) is 0 Å². The molecule has 0 fully saturated rings. The average molecular weight is 368 g/mol. The molecule has 0 saturated heterocycles. The minimum atomic E-state index is -0.811. The van der Waals surface area contributed by atoms with E-state index in [0.29, 0.717) is 23.5 Å². The van der Waals surface area contributed by atoms with Gasteiger partial charge in [0.25, 0.3) is 0 Å². The topological polar surface area (TPSA) is 59.3 Å². The molecule has 21 heavy (non-hydrogen) atoms. The van der Waals surface area contributed by atoms with Crippen LogP contribution < -0.4 is 0 Å². The maximum Gasteiger partial charge on any atom is 0.312 e. The molecule has 0 amide bonds. The highest BCUT2D eigenvalue weighted by molar-refractivity contribution is 9.11. The van der Waals surface area contributed by atoms with Crippen molar-refractivity contribution < 1.29 is 14.7 Å². The maximum absolute atomic E-state index is 12.6. The molecule has 1 atom stereocenters. The number of aromatic nitrogens is 1. The lowest BCUT2D eigenvalue weighted by atomic mass is 10.0. The number of carboxylic acids is 1. The summed E-state index contributed by atoms with van der Waals surface area (Å²) in [5.41, 5.74) is 1.34. The van der Waals surface area contributed by atoms with Gasteiger partial charge in [-0.05, 0) is 53.0 Å². The first-order chi connectivity index (χ1) is 10.1. The molecule has 1 aliphatic rings. The number of aliphatic carboxylic acids is 1. The summed E-state index contributed by atoms with van der Waals surface area (Å²) in [5, 5.41) is 9.38. The highest BCUT2D eigenvalue weighted by Gasteiger charge is 2.28. The Morgan fingerprint density at radius 3 is 2.71 bits per heavy atom. The van der Waals surface area contributed by atoms with E-state index in [4.69, 9.17) is 0 Å². The third kappa shape index (κ3) is 2.70. The summed E-state index contributed by atoms with van der Waals surface area (Å²) in [5.74, 6) is -1.36. The second-order valence-corrected chi connectivity index (χ2v) is 7.58. The van der Waals surface area contributed by atoms with Crippen LogP contribution in [0.1, 0.15) is 46.2 Å². The number of carbonyl (C=O) groups excluding carboxylic acids is 1. The van der Waals surface area contributed by atoms with Gasteiger partial charge in [-0.3, -0.25) is 9.59 Å². The van der Waals surface area contributed by atoms with Crippen molar-refractivity contribution in [3.8, 4) is 0 Å². The molecule has 1 unspecified atom stereocenters. The van der Waals surface area contributed by atoms with E-state index < -0.39 is 11.9 Å². The van der Waals surface area contributed by atoms with E-state index in [1.54, 1.807) is 18.2 Å². The van der Waals surface area contributed by atoms with Gasteiger partial charge in [-0.1, -0.05) is 6.42 Å². The molecule has 0 bridgehead atoms. The Morgan fingerprint density at radius 1 is 1.24 bits per heavy atom. The fourth-order valence-electron chi connectivity index (χ4n) is 2.81. The lowest BCUT2D eigenvalue weighted by Gasteiger charge is -2.13. The summed E-state index contributed by atoms with van der Waals surface area (Å²) in [4.78, 5) is 24.7. The summed E-state index contributed by atoms with van der Waals surface area (Å²) >= 11 is 4.76. The second-order valence-electron chi connectivity index (χ2n) is 5.11. The van der Waals surface area contributed by atoms with Gasteiger partial charge in [0.05, 0.1) is 20.3 Å². The Bertz CT molecular complexity index is 704. The standard InChI is InChI=1S/C15H14BrNO3S/c16-13-7-6-12(21-13)14(18)11-5-4-10-9(15(19)20)3-1-2-8-17(10)11/h4-7,9H,1-3,8H2,(H,19,20). The van der Waals surface area contributed by atoms with Crippen LogP contribution in [-0.4, -0.2) is 21.4 Å². The molecule has 4 nitrogen and oxygen atoms in total. The van der Waals surface area contributed by atoms with Gasteiger partial charge in [0.2, 0.25) is 5.78 Å². The average Bonchev–Trinajstić information content (AvgIpc) is 2.99. The van der Waals surface area contributed by atoms with Crippen LogP contribution >= 0.6 is 27.3 Å². The number of ketones is 1. The second kappa shape index (κ2) is 5.77. The van der Waals surface area contributed by atoms with Crippen LogP contribution in [0.2, 0.25) is 0 Å².